The van der Waals surface area contributed by atoms with Crippen molar-refractivity contribution in [3.63, 3.8) is 0 Å². The van der Waals surface area contributed by atoms with Crippen LogP contribution in [0.1, 0.15) is 90.2 Å². The lowest BCUT2D eigenvalue weighted by molar-refractivity contribution is -0.147. The summed E-state index contributed by atoms with van der Waals surface area (Å²) < 4.78 is 44.2. The van der Waals surface area contributed by atoms with Crippen LogP contribution < -0.4 is 0 Å². The first kappa shape index (κ1) is 28.0. The van der Waals surface area contributed by atoms with Gasteiger partial charge in [-0.3, -0.25) is 19.1 Å². The Hall–Kier alpha value is -2.59. The van der Waals surface area contributed by atoms with E-state index in [4.69, 9.17) is 23.2 Å². The maximum absolute atomic E-state index is 14.4. The minimum atomic E-state index is -4.89. The zero-order valence-corrected chi connectivity index (χ0v) is 22.5. The minimum Gasteiger partial charge on any atom is -0.481 e. The number of benzene rings is 1. The van der Waals surface area contributed by atoms with Crippen molar-refractivity contribution in [2.75, 3.05) is 6.54 Å². The Morgan fingerprint density at radius 1 is 1.08 bits per heavy atom. The lowest BCUT2D eigenvalue weighted by atomic mass is 9.86. The smallest absolute Gasteiger partial charge is 0.433 e. The normalized spacial score (nSPS) is 24.1. The van der Waals surface area contributed by atoms with Gasteiger partial charge in [0.05, 0.1) is 45.9 Å². The molecule has 1 heterocycles. The van der Waals surface area contributed by atoms with E-state index >= 15 is 0 Å². The minimum absolute atomic E-state index is 0.0293. The van der Waals surface area contributed by atoms with Crippen LogP contribution in [0, 0.1) is 11.3 Å². The highest BCUT2D eigenvalue weighted by molar-refractivity contribution is 6.40. The second kappa shape index (κ2) is 10.4. The van der Waals surface area contributed by atoms with Gasteiger partial charge in [0.2, 0.25) is 0 Å². The third kappa shape index (κ3) is 5.29. The number of carbonyl (C=O) groups is 3. The molecule has 0 saturated heterocycles. The molecule has 1 amide bonds. The van der Waals surface area contributed by atoms with Crippen LogP contribution in [0.3, 0.4) is 0 Å². The third-order valence-corrected chi connectivity index (χ3v) is 9.25. The molecule has 3 saturated carbocycles. The topological polar surface area (TPSA) is 92.5 Å². The summed E-state index contributed by atoms with van der Waals surface area (Å²) in [6.07, 6.45) is 1.15. The van der Waals surface area contributed by atoms with E-state index in [1.165, 1.54) is 17.0 Å². The number of ketones is 1. The van der Waals surface area contributed by atoms with Crippen LogP contribution in [0.4, 0.5) is 13.2 Å². The number of aliphatic carboxylic acids is 1. The quantitative estimate of drug-likeness (QED) is 0.366. The third-order valence-electron chi connectivity index (χ3n) is 8.62. The van der Waals surface area contributed by atoms with E-state index in [9.17, 15) is 32.7 Å². The number of carbonyl (C=O) groups excluding carboxylic acids is 2. The Morgan fingerprint density at radius 2 is 1.69 bits per heavy atom. The maximum Gasteiger partial charge on any atom is 0.433 e. The first-order chi connectivity index (χ1) is 18.4. The average Bonchev–Trinajstić information content (AvgIpc) is 3.19. The molecule has 7 nitrogen and oxygen atoms in total. The molecule has 0 radical (unpaired) electrons. The van der Waals surface area contributed by atoms with Gasteiger partial charge in [-0.05, 0) is 62.5 Å². The molecule has 12 heteroatoms. The Morgan fingerprint density at radius 3 is 2.26 bits per heavy atom. The van der Waals surface area contributed by atoms with Crippen molar-refractivity contribution < 1.29 is 32.7 Å². The van der Waals surface area contributed by atoms with Crippen LogP contribution in [-0.2, 0) is 11.0 Å². The second-order valence-electron chi connectivity index (χ2n) is 10.9. The molecule has 39 heavy (non-hydrogen) atoms. The number of nitrogens with zero attached hydrogens (tertiary/aromatic N) is 3. The van der Waals surface area contributed by atoms with Gasteiger partial charge in [0.25, 0.3) is 5.91 Å². The van der Waals surface area contributed by atoms with Crippen molar-refractivity contribution in [2.45, 2.75) is 76.0 Å². The summed E-state index contributed by atoms with van der Waals surface area (Å²) >= 11 is 12.4. The molecule has 0 aliphatic heterocycles. The summed E-state index contributed by atoms with van der Waals surface area (Å²) in [5, 5.41) is 13.5. The summed E-state index contributed by atoms with van der Waals surface area (Å²) in [4.78, 5) is 39.8. The highest BCUT2D eigenvalue weighted by atomic mass is 35.5. The Bertz CT molecular complexity index is 1280. The standard InChI is InChI=1S/C27H28Cl2F3N3O4/c28-18-4-3-5-19(29)22(18)20(36)14-34(21-12-26(21)10-1-2-11-26)24(37)17-13-33-35(23(17)27(30,31)32)16-8-6-15(7-9-16)25(38)39/h3-5,13,15-16,21H,1-2,6-12,14H2,(H,38,39)/t15?,16?,21-/m0/s1. The van der Waals surface area contributed by atoms with E-state index in [0.717, 1.165) is 36.6 Å². The van der Waals surface area contributed by atoms with Crippen molar-refractivity contribution in [1.29, 1.82) is 0 Å². The van der Waals surface area contributed by atoms with Crippen LogP contribution in [-0.4, -0.2) is 50.0 Å². The van der Waals surface area contributed by atoms with E-state index in [1.54, 1.807) is 6.07 Å². The Kier molecular flexibility index (Phi) is 7.47. The fourth-order valence-electron chi connectivity index (χ4n) is 6.51. The molecular formula is C27H28Cl2F3N3O4. The SMILES string of the molecule is O=C(CN(C(=O)c1cnn(C2CCC(C(=O)O)CC2)c1C(F)(F)F)[C@H]1CC12CCCC2)c1c(Cl)cccc1Cl. The Labute approximate surface area is 233 Å². The summed E-state index contributed by atoms with van der Waals surface area (Å²) in [6, 6.07) is 3.51. The number of alkyl halides is 3. The molecule has 1 aromatic carbocycles. The van der Waals surface area contributed by atoms with Crippen LogP contribution in [0.15, 0.2) is 24.4 Å². The number of hydrogen-bond acceptors (Lipinski definition) is 4. The van der Waals surface area contributed by atoms with Crippen LogP contribution in [0.25, 0.3) is 0 Å². The number of amides is 1. The molecule has 1 atom stereocenters. The monoisotopic (exact) mass is 585 g/mol. The Balaban J connectivity index is 1.48. The molecule has 0 unspecified atom stereocenters. The van der Waals surface area contributed by atoms with Gasteiger partial charge in [-0.15, -0.1) is 0 Å². The summed E-state index contributed by atoms with van der Waals surface area (Å²) in [5.41, 5.74) is -1.94. The lowest BCUT2D eigenvalue weighted by Crippen LogP contribution is -2.40. The van der Waals surface area contributed by atoms with Crippen molar-refractivity contribution in [2.24, 2.45) is 11.3 Å². The number of carboxylic acids is 1. The summed E-state index contributed by atoms with van der Waals surface area (Å²) in [7, 11) is 0. The highest BCUT2D eigenvalue weighted by Crippen LogP contribution is 2.60. The summed E-state index contributed by atoms with van der Waals surface area (Å²) in [5.74, 6) is -3.03. The van der Waals surface area contributed by atoms with E-state index in [-0.39, 0.29) is 52.7 Å². The van der Waals surface area contributed by atoms with Crippen LogP contribution in [0.5, 0.6) is 0 Å². The fourth-order valence-corrected chi connectivity index (χ4v) is 7.11. The van der Waals surface area contributed by atoms with Gasteiger partial charge in [-0.25, -0.2) is 0 Å². The van der Waals surface area contributed by atoms with Crippen molar-refractivity contribution >= 4 is 40.9 Å². The summed E-state index contributed by atoms with van der Waals surface area (Å²) in [6.45, 7) is -0.457. The maximum atomic E-state index is 14.4. The van der Waals surface area contributed by atoms with Crippen LogP contribution in [0.2, 0.25) is 10.0 Å². The molecule has 1 aromatic heterocycles. The predicted octanol–water partition coefficient (Wildman–Crippen LogP) is 6.68. The molecule has 3 aliphatic rings. The van der Waals surface area contributed by atoms with E-state index in [0.29, 0.717) is 6.42 Å². The van der Waals surface area contributed by atoms with Gasteiger partial charge in [0.15, 0.2) is 11.5 Å². The van der Waals surface area contributed by atoms with E-state index in [2.05, 4.69) is 5.10 Å². The van der Waals surface area contributed by atoms with Crippen molar-refractivity contribution in [3.05, 3.63) is 51.3 Å². The zero-order valence-electron chi connectivity index (χ0n) is 21.0. The van der Waals surface area contributed by atoms with Gasteiger partial charge in [0.1, 0.15) is 0 Å². The number of hydrogen-bond donors (Lipinski definition) is 1. The van der Waals surface area contributed by atoms with E-state index < -0.39 is 53.6 Å². The van der Waals surface area contributed by atoms with Crippen molar-refractivity contribution in [3.8, 4) is 0 Å². The molecule has 1 N–H and O–H groups in total. The molecule has 0 bridgehead atoms. The van der Waals surface area contributed by atoms with Gasteiger partial charge < -0.3 is 10.0 Å². The predicted molar refractivity (Wildman–Crippen MR) is 137 cm³/mol. The number of rotatable bonds is 7. The number of carboxylic acid groups (broad SMARTS) is 1. The first-order valence-corrected chi connectivity index (χ1v) is 13.8. The average molecular weight is 586 g/mol. The zero-order chi connectivity index (χ0) is 28.1. The van der Waals surface area contributed by atoms with E-state index in [1.807, 2.05) is 0 Å². The van der Waals surface area contributed by atoms with Crippen molar-refractivity contribution in [1.82, 2.24) is 14.7 Å². The molecule has 2 aromatic rings. The largest absolute Gasteiger partial charge is 0.481 e. The van der Waals surface area contributed by atoms with Crippen LogP contribution >= 0.6 is 23.2 Å². The van der Waals surface area contributed by atoms with Gasteiger partial charge in [0, 0.05) is 6.04 Å². The molecule has 1 spiro atoms. The van der Waals surface area contributed by atoms with Gasteiger partial charge in [-0.1, -0.05) is 42.1 Å². The highest BCUT2D eigenvalue weighted by Gasteiger charge is 2.59. The molecule has 3 fully saturated rings. The molecular weight excluding hydrogens is 558 g/mol. The number of Topliss-reactive ketones (excluding diaryl/α,β-unsaturated/α-hetero) is 1. The van der Waals surface area contributed by atoms with Gasteiger partial charge >= 0.3 is 12.1 Å². The lowest BCUT2D eigenvalue weighted by Gasteiger charge is -2.29. The van der Waals surface area contributed by atoms with Gasteiger partial charge in [-0.2, -0.15) is 18.3 Å². The molecule has 5 rings (SSSR count). The molecule has 3 aliphatic carbocycles. The molecule has 210 valence electrons. The number of aromatic nitrogens is 2. The number of halogens is 5. The first-order valence-electron chi connectivity index (χ1n) is 13.1. The second-order valence-corrected chi connectivity index (χ2v) is 11.7. The fraction of sp³-hybridized carbons (Fsp3) is 0.556.